The third-order valence-corrected chi connectivity index (χ3v) is 2.98. The molecular formula is C13H17N3O. The average molecular weight is 231 g/mol. The SMILES string of the molecule is N#Cc1ccc(CN2CCO[C@H](CN)C2)cc1. The van der Waals surface area contributed by atoms with Gasteiger partial charge in [-0.1, -0.05) is 12.1 Å². The number of benzene rings is 1. The summed E-state index contributed by atoms with van der Waals surface area (Å²) >= 11 is 0. The first kappa shape index (κ1) is 12.1. The highest BCUT2D eigenvalue weighted by atomic mass is 16.5. The molecule has 4 heteroatoms. The zero-order valence-corrected chi connectivity index (χ0v) is 9.80. The van der Waals surface area contributed by atoms with Crippen molar-refractivity contribution in [2.24, 2.45) is 5.73 Å². The molecule has 0 radical (unpaired) electrons. The van der Waals surface area contributed by atoms with E-state index in [0.717, 1.165) is 26.2 Å². The van der Waals surface area contributed by atoms with Crippen LogP contribution in [0.15, 0.2) is 24.3 Å². The predicted molar refractivity (Wildman–Crippen MR) is 65.2 cm³/mol. The molecule has 1 fully saturated rings. The molecule has 0 saturated carbocycles. The Morgan fingerprint density at radius 1 is 1.41 bits per heavy atom. The van der Waals surface area contributed by atoms with Gasteiger partial charge in [0.2, 0.25) is 0 Å². The molecule has 4 nitrogen and oxygen atoms in total. The number of hydrogen-bond acceptors (Lipinski definition) is 4. The second-order valence-electron chi connectivity index (χ2n) is 4.27. The first-order valence-electron chi connectivity index (χ1n) is 5.85. The van der Waals surface area contributed by atoms with E-state index < -0.39 is 0 Å². The minimum absolute atomic E-state index is 0.155. The highest BCUT2D eigenvalue weighted by molar-refractivity contribution is 5.31. The number of morpholine rings is 1. The predicted octanol–water partition coefficient (Wildman–Crippen LogP) is 0.718. The van der Waals surface area contributed by atoms with Crippen molar-refractivity contribution in [1.82, 2.24) is 4.90 Å². The van der Waals surface area contributed by atoms with Crippen LogP contribution in [0.3, 0.4) is 0 Å². The monoisotopic (exact) mass is 231 g/mol. The number of rotatable bonds is 3. The molecule has 1 aromatic carbocycles. The van der Waals surface area contributed by atoms with Crippen LogP contribution in [0.1, 0.15) is 11.1 Å². The fourth-order valence-electron chi connectivity index (χ4n) is 2.01. The molecule has 17 heavy (non-hydrogen) atoms. The standard InChI is InChI=1S/C13H17N3O/c14-7-11-1-3-12(4-2-11)9-16-5-6-17-13(8-15)10-16/h1-4,13H,5-6,8-10,15H2/t13-/m1/s1. The molecule has 1 aliphatic heterocycles. The molecule has 0 unspecified atom stereocenters. The van der Waals surface area contributed by atoms with Gasteiger partial charge in [-0.25, -0.2) is 0 Å². The average Bonchev–Trinajstić information content (AvgIpc) is 2.40. The van der Waals surface area contributed by atoms with E-state index in [0.29, 0.717) is 12.1 Å². The van der Waals surface area contributed by atoms with Gasteiger partial charge in [0.15, 0.2) is 0 Å². The maximum Gasteiger partial charge on any atom is 0.0991 e. The van der Waals surface area contributed by atoms with Gasteiger partial charge in [-0.2, -0.15) is 5.26 Å². The minimum Gasteiger partial charge on any atom is -0.374 e. The molecule has 1 heterocycles. The lowest BCUT2D eigenvalue weighted by molar-refractivity contribution is -0.0260. The van der Waals surface area contributed by atoms with Gasteiger partial charge < -0.3 is 10.5 Å². The Kier molecular flexibility index (Phi) is 4.10. The molecule has 1 aliphatic rings. The quantitative estimate of drug-likeness (QED) is 0.832. The molecule has 0 aromatic heterocycles. The Morgan fingerprint density at radius 2 is 2.18 bits per heavy atom. The largest absolute Gasteiger partial charge is 0.374 e. The fraction of sp³-hybridized carbons (Fsp3) is 0.462. The minimum atomic E-state index is 0.155. The fourth-order valence-corrected chi connectivity index (χ4v) is 2.01. The molecule has 2 N–H and O–H groups in total. The summed E-state index contributed by atoms with van der Waals surface area (Å²) in [6.45, 7) is 4.04. The third kappa shape index (κ3) is 3.27. The Bertz CT molecular complexity index is 396. The molecule has 1 saturated heterocycles. The second-order valence-corrected chi connectivity index (χ2v) is 4.27. The van der Waals surface area contributed by atoms with Crippen LogP contribution in [0.4, 0.5) is 0 Å². The maximum absolute atomic E-state index is 8.73. The number of nitrogens with two attached hydrogens (primary N) is 1. The first-order valence-corrected chi connectivity index (χ1v) is 5.85. The van der Waals surface area contributed by atoms with Crippen LogP contribution in [-0.4, -0.2) is 37.2 Å². The van der Waals surface area contributed by atoms with E-state index in [1.165, 1.54) is 5.56 Å². The van der Waals surface area contributed by atoms with E-state index >= 15 is 0 Å². The summed E-state index contributed by atoms with van der Waals surface area (Å²) in [5, 5.41) is 8.73. The molecule has 0 bridgehead atoms. The topological polar surface area (TPSA) is 62.3 Å². The van der Waals surface area contributed by atoms with Gasteiger partial charge in [-0.15, -0.1) is 0 Å². The van der Waals surface area contributed by atoms with E-state index in [2.05, 4.69) is 11.0 Å². The van der Waals surface area contributed by atoms with Crippen molar-refractivity contribution >= 4 is 0 Å². The van der Waals surface area contributed by atoms with Crippen molar-refractivity contribution in [1.29, 1.82) is 5.26 Å². The third-order valence-electron chi connectivity index (χ3n) is 2.98. The Balaban J connectivity index is 1.93. The maximum atomic E-state index is 8.73. The first-order chi connectivity index (χ1) is 8.31. The second kappa shape index (κ2) is 5.78. The summed E-state index contributed by atoms with van der Waals surface area (Å²) in [6.07, 6.45) is 0.155. The summed E-state index contributed by atoms with van der Waals surface area (Å²) in [4.78, 5) is 2.34. The van der Waals surface area contributed by atoms with Gasteiger partial charge in [0, 0.05) is 26.2 Å². The van der Waals surface area contributed by atoms with Gasteiger partial charge in [-0.05, 0) is 17.7 Å². The molecular weight excluding hydrogens is 214 g/mol. The smallest absolute Gasteiger partial charge is 0.0991 e. The van der Waals surface area contributed by atoms with Crippen LogP contribution in [-0.2, 0) is 11.3 Å². The highest BCUT2D eigenvalue weighted by Gasteiger charge is 2.18. The molecule has 0 spiro atoms. The molecule has 1 atom stereocenters. The van der Waals surface area contributed by atoms with Crippen molar-refractivity contribution in [3.63, 3.8) is 0 Å². The van der Waals surface area contributed by atoms with Gasteiger partial charge in [0.05, 0.1) is 24.3 Å². The van der Waals surface area contributed by atoms with Gasteiger partial charge in [0.25, 0.3) is 0 Å². The van der Waals surface area contributed by atoms with Crippen molar-refractivity contribution in [3.8, 4) is 6.07 Å². The number of ether oxygens (including phenoxy) is 1. The van der Waals surface area contributed by atoms with E-state index in [1.807, 2.05) is 24.3 Å². The van der Waals surface area contributed by atoms with Crippen molar-refractivity contribution in [2.75, 3.05) is 26.2 Å². The Labute approximate surface area is 102 Å². The van der Waals surface area contributed by atoms with Gasteiger partial charge in [-0.3, -0.25) is 4.90 Å². The van der Waals surface area contributed by atoms with Crippen LogP contribution in [0.25, 0.3) is 0 Å². The summed E-state index contributed by atoms with van der Waals surface area (Å²) in [6, 6.07) is 9.85. The van der Waals surface area contributed by atoms with Crippen LogP contribution in [0.2, 0.25) is 0 Å². The summed E-state index contributed by atoms with van der Waals surface area (Å²) in [7, 11) is 0. The van der Waals surface area contributed by atoms with E-state index in [1.54, 1.807) is 0 Å². The molecule has 0 amide bonds. The number of hydrogen-bond donors (Lipinski definition) is 1. The highest BCUT2D eigenvalue weighted by Crippen LogP contribution is 2.10. The zero-order valence-electron chi connectivity index (χ0n) is 9.80. The summed E-state index contributed by atoms with van der Waals surface area (Å²) < 4.78 is 5.52. The van der Waals surface area contributed by atoms with E-state index in [4.69, 9.17) is 15.7 Å². The summed E-state index contributed by atoms with van der Waals surface area (Å²) in [5.41, 5.74) is 7.54. The van der Waals surface area contributed by atoms with Crippen molar-refractivity contribution < 1.29 is 4.74 Å². The lowest BCUT2D eigenvalue weighted by Gasteiger charge is -2.32. The number of nitrogens with zero attached hydrogens (tertiary/aromatic N) is 2. The van der Waals surface area contributed by atoms with Crippen LogP contribution >= 0.6 is 0 Å². The molecule has 0 aliphatic carbocycles. The lowest BCUT2D eigenvalue weighted by Crippen LogP contribution is -2.45. The molecule has 90 valence electrons. The van der Waals surface area contributed by atoms with Gasteiger partial charge >= 0.3 is 0 Å². The Hall–Kier alpha value is -1.41. The molecule has 1 aromatic rings. The van der Waals surface area contributed by atoms with Gasteiger partial charge in [0.1, 0.15) is 0 Å². The summed E-state index contributed by atoms with van der Waals surface area (Å²) in [5.74, 6) is 0. The zero-order chi connectivity index (χ0) is 12.1. The molecule has 2 rings (SSSR count). The van der Waals surface area contributed by atoms with Crippen molar-refractivity contribution in [3.05, 3.63) is 35.4 Å². The van der Waals surface area contributed by atoms with Crippen LogP contribution in [0.5, 0.6) is 0 Å². The Morgan fingerprint density at radius 3 is 2.82 bits per heavy atom. The van der Waals surface area contributed by atoms with E-state index in [9.17, 15) is 0 Å². The number of nitriles is 1. The lowest BCUT2D eigenvalue weighted by atomic mass is 10.1. The van der Waals surface area contributed by atoms with Crippen LogP contribution in [0, 0.1) is 11.3 Å². The van der Waals surface area contributed by atoms with Crippen LogP contribution < -0.4 is 5.73 Å². The normalized spacial score (nSPS) is 21.1. The van der Waals surface area contributed by atoms with Crippen molar-refractivity contribution in [2.45, 2.75) is 12.6 Å². The van der Waals surface area contributed by atoms with E-state index in [-0.39, 0.29) is 6.10 Å².